The molecule has 1 aliphatic rings. The van der Waals surface area contributed by atoms with E-state index in [9.17, 15) is 21.6 Å². The van der Waals surface area contributed by atoms with Crippen molar-refractivity contribution in [1.82, 2.24) is 9.62 Å². The molecule has 2 N–H and O–H groups in total. The van der Waals surface area contributed by atoms with Gasteiger partial charge in [-0.05, 0) is 49.6 Å². The maximum Gasteiger partial charge on any atom is 0.271 e. The van der Waals surface area contributed by atoms with Gasteiger partial charge in [0.05, 0.1) is 17.1 Å². The zero-order valence-electron chi connectivity index (χ0n) is 16.8. The molecule has 3 rings (SSSR count). The molecule has 1 aromatic heterocycles. The number of carbonyl (C=O) groups excluding carboxylic acids is 1. The van der Waals surface area contributed by atoms with Crippen LogP contribution in [0.1, 0.15) is 36.6 Å². The van der Waals surface area contributed by atoms with E-state index in [4.69, 9.17) is 0 Å². The van der Waals surface area contributed by atoms with Crippen molar-refractivity contribution < 1.29 is 21.6 Å². The second kappa shape index (κ2) is 9.04. The van der Waals surface area contributed by atoms with Gasteiger partial charge in [0.15, 0.2) is 0 Å². The minimum Gasteiger partial charge on any atom is -0.351 e. The Balaban J connectivity index is 1.84. The van der Waals surface area contributed by atoms with Crippen molar-refractivity contribution in [2.45, 2.75) is 48.8 Å². The average Bonchev–Trinajstić information content (AvgIpc) is 3.19. The van der Waals surface area contributed by atoms with E-state index in [0.717, 1.165) is 30.6 Å². The Morgan fingerprint density at radius 1 is 1.07 bits per heavy atom. The summed E-state index contributed by atoms with van der Waals surface area (Å²) in [6, 6.07) is 7.59. The number of hydrogen-bond donors (Lipinski definition) is 2. The van der Waals surface area contributed by atoms with Crippen molar-refractivity contribution in [2.75, 3.05) is 17.8 Å². The Labute approximate surface area is 181 Å². The van der Waals surface area contributed by atoms with Crippen LogP contribution in [0.4, 0.5) is 5.69 Å². The summed E-state index contributed by atoms with van der Waals surface area (Å²) in [6.07, 6.45) is 2.66. The lowest BCUT2D eigenvalue weighted by molar-refractivity contribution is -0.119. The number of amides is 1. The third-order valence-electron chi connectivity index (χ3n) is 4.82. The molecule has 1 fully saturated rings. The molecule has 0 saturated carbocycles. The quantitative estimate of drug-likeness (QED) is 0.645. The first-order valence-electron chi connectivity index (χ1n) is 9.56. The van der Waals surface area contributed by atoms with Crippen molar-refractivity contribution in [3.05, 3.63) is 40.8 Å². The van der Waals surface area contributed by atoms with Crippen molar-refractivity contribution in [3.63, 3.8) is 0 Å². The maximum atomic E-state index is 12.9. The molecule has 0 unspecified atom stereocenters. The van der Waals surface area contributed by atoms with E-state index in [1.165, 1.54) is 29.4 Å². The van der Waals surface area contributed by atoms with Gasteiger partial charge in [0.25, 0.3) is 10.0 Å². The monoisotopic (exact) mass is 471 g/mol. The van der Waals surface area contributed by atoms with E-state index in [0.29, 0.717) is 23.5 Å². The molecule has 0 bridgehead atoms. The average molecular weight is 472 g/mol. The normalized spacial score (nSPS) is 15.7. The summed E-state index contributed by atoms with van der Waals surface area (Å²) in [5.74, 6) is -0.201. The molecule has 1 aromatic carbocycles. The minimum atomic E-state index is -3.89. The van der Waals surface area contributed by atoms with Crippen LogP contribution in [0.25, 0.3) is 0 Å². The summed E-state index contributed by atoms with van der Waals surface area (Å²) < 4.78 is 55.6. The second-order valence-corrected chi connectivity index (χ2v) is 12.2. The molecule has 8 nitrogen and oxygen atoms in total. The van der Waals surface area contributed by atoms with Crippen LogP contribution in [0.5, 0.6) is 0 Å². The Kier molecular flexibility index (Phi) is 6.85. The number of anilines is 1. The molecule has 11 heteroatoms. The summed E-state index contributed by atoms with van der Waals surface area (Å²) in [4.78, 5) is 11.8. The summed E-state index contributed by atoms with van der Waals surface area (Å²) in [5, 5.41) is 2.63. The standard InChI is InChI=1S/C19H25N3O5S3/c1-14-6-8-17(30(26,27)22-10-4-3-5-11-22)12-18(14)21-29(24,25)19-9-7-16(28-19)13-20-15(2)23/h6-9,12,21H,3-5,10-11,13H2,1-2H3,(H,20,23). The van der Waals surface area contributed by atoms with Crippen LogP contribution in [0.2, 0.25) is 0 Å². The third-order valence-corrected chi connectivity index (χ3v) is 9.66. The van der Waals surface area contributed by atoms with Gasteiger partial charge in [-0.25, -0.2) is 16.8 Å². The zero-order chi connectivity index (χ0) is 21.9. The molecule has 1 saturated heterocycles. The van der Waals surface area contributed by atoms with E-state index < -0.39 is 20.0 Å². The van der Waals surface area contributed by atoms with E-state index in [1.54, 1.807) is 19.1 Å². The van der Waals surface area contributed by atoms with Crippen molar-refractivity contribution in [3.8, 4) is 0 Å². The number of nitrogens with one attached hydrogen (secondary N) is 2. The summed E-state index contributed by atoms with van der Waals surface area (Å²) >= 11 is 1.05. The summed E-state index contributed by atoms with van der Waals surface area (Å²) in [7, 11) is -7.57. The van der Waals surface area contributed by atoms with Crippen LogP contribution < -0.4 is 10.0 Å². The lowest BCUT2D eigenvalue weighted by atomic mass is 10.2. The van der Waals surface area contributed by atoms with Gasteiger partial charge in [0.1, 0.15) is 4.21 Å². The van der Waals surface area contributed by atoms with Crippen LogP contribution in [0.15, 0.2) is 39.4 Å². The Morgan fingerprint density at radius 2 is 1.77 bits per heavy atom. The first-order chi connectivity index (χ1) is 14.1. The Morgan fingerprint density at radius 3 is 2.43 bits per heavy atom. The second-order valence-electron chi connectivity index (χ2n) is 7.18. The lowest BCUT2D eigenvalue weighted by Gasteiger charge is -2.26. The summed E-state index contributed by atoms with van der Waals surface area (Å²) in [6.45, 7) is 4.30. The fourth-order valence-corrected chi connectivity index (χ4v) is 7.09. The van der Waals surface area contributed by atoms with E-state index >= 15 is 0 Å². The van der Waals surface area contributed by atoms with Crippen molar-refractivity contribution >= 4 is 43.0 Å². The van der Waals surface area contributed by atoms with Gasteiger partial charge in [-0.2, -0.15) is 4.31 Å². The number of thiophene rings is 1. The highest BCUT2D eigenvalue weighted by Crippen LogP contribution is 2.29. The fourth-order valence-electron chi connectivity index (χ4n) is 3.13. The molecule has 0 aliphatic carbocycles. The first kappa shape index (κ1) is 22.7. The van der Waals surface area contributed by atoms with E-state index in [1.807, 2.05) is 0 Å². The molecule has 0 radical (unpaired) electrons. The van der Waals surface area contributed by atoms with Gasteiger partial charge in [-0.1, -0.05) is 12.5 Å². The highest BCUT2D eigenvalue weighted by atomic mass is 32.2. The first-order valence-corrected chi connectivity index (χ1v) is 13.3. The van der Waals surface area contributed by atoms with Crippen LogP contribution in [-0.4, -0.2) is 40.1 Å². The van der Waals surface area contributed by atoms with E-state index in [-0.39, 0.29) is 27.2 Å². The molecule has 164 valence electrons. The van der Waals surface area contributed by atoms with E-state index in [2.05, 4.69) is 10.0 Å². The minimum absolute atomic E-state index is 0.0743. The summed E-state index contributed by atoms with van der Waals surface area (Å²) in [5.41, 5.74) is 0.844. The third kappa shape index (κ3) is 5.20. The van der Waals surface area contributed by atoms with Gasteiger partial charge in [0.2, 0.25) is 15.9 Å². The molecule has 30 heavy (non-hydrogen) atoms. The van der Waals surface area contributed by atoms with Gasteiger partial charge in [-0.15, -0.1) is 11.3 Å². The molecule has 1 amide bonds. The fraction of sp³-hybridized carbons (Fsp3) is 0.421. The van der Waals surface area contributed by atoms with Gasteiger partial charge < -0.3 is 5.32 Å². The largest absolute Gasteiger partial charge is 0.351 e. The van der Waals surface area contributed by atoms with Crippen LogP contribution >= 0.6 is 11.3 Å². The highest BCUT2D eigenvalue weighted by molar-refractivity contribution is 7.94. The number of aryl methyl sites for hydroxylation is 1. The number of nitrogens with zero attached hydrogens (tertiary/aromatic N) is 1. The number of carbonyl (C=O) groups is 1. The van der Waals surface area contributed by atoms with Crippen LogP contribution in [0, 0.1) is 6.92 Å². The smallest absolute Gasteiger partial charge is 0.271 e. The molecule has 0 atom stereocenters. The maximum absolute atomic E-state index is 12.9. The number of benzene rings is 1. The number of piperidine rings is 1. The van der Waals surface area contributed by atoms with Gasteiger partial charge in [0, 0.05) is 24.9 Å². The van der Waals surface area contributed by atoms with Gasteiger partial charge in [-0.3, -0.25) is 9.52 Å². The Hall–Kier alpha value is -1.95. The van der Waals surface area contributed by atoms with Crippen molar-refractivity contribution in [1.29, 1.82) is 0 Å². The number of sulfonamides is 2. The zero-order valence-corrected chi connectivity index (χ0v) is 19.3. The predicted molar refractivity (Wildman–Crippen MR) is 116 cm³/mol. The van der Waals surface area contributed by atoms with Crippen LogP contribution in [0.3, 0.4) is 0 Å². The van der Waals surface area contributed by atoms with Gasteiger partial charge >= 0.3 is 0 Å². The number of hydrogen-bond acceptors (Lipinski definition) is 6. The predicted octanol–water partition coefficient (Wildman–Crippen LogP) is 2.67. The Bertz CT molecular complexity index is 1130. The lowest BCUT2D eigenvalue weighted by Crippen LogP contribution is -2.35. The van der Waals surface area contributed by atoms with Crippen molar-refractivity contribution in [2.24, 2.45) is 0 Å². The highest BCUT2D eigenvalue weighted by Gasteiger charge is 2.27. The SMILES string of the molecule is CC(=O)NCc1ccc(S(=O)(=O)Nc2cc(S(=O)(=O)N3CCCCC3)ccc2C)s1. The molecule has 1 aliphatic heterocycles. The number of rotatable bonds is 7. The molecular weight excluding hydrogens is 446 g/mol. The molecule has 2 heterocycles. The topological polar surface area (TPSA) is 113 Å². The molecular formula is C19H25N3O5S3. The van der Waals surface area contributed by atoms with Crippen LogP contribution in [-0.2, 0) is 31.4 Å². The molecule has 2 aromatic rings. The molecule has 0 spiro atoms.